The van der Waals surface area contributed by atoms with E-state index in [-0.39, 0.29) is 11.7 Å². The minimum Gasteiger partial charge on any atom is -0.497 e. The summed E-state index contributed by atoms with van der Waals surface area (Å²) >= 11 is 6.50. The zero-order valence-electron chi connectivity index (χ0n) is 12.9. The lowest BCUT2D eigenvalue weighted by molar-refractivity contribution is -0.117. The number of thiocarbonyl (C=S) groups is 1. The van der Waals surface area contributed by atoms with Gasteiger partial charge in [0.25, 0.3) is 5.91 Å². The number of thioether (sulfide) groups is 1. The van der Waals surface area contributed by atoms with E-state index in [0.717, 1.165) is 13.1 Å². The Balaban J connectivity index is 2.47. The predicted molar refractivity (Wildman–Crippen MR) is 93.4 cm³/mol. The van der Waals surface area contributed by atoms with Gasteiger partial charge in [0.15, 0.2) is 0 Å². The predicted octanol–water partition coefficient (Wildman–Crippen LogP) is 2.31. The lowest BCUT2D eigenvalue weighted by atomic mass is 10.2. The third kappa shape index (κ3) is 5.65. The fourth-order valence-corrected chi connectivity index (χ4v) is 2.88. The molecule has 0 saturated heterocycles. The number of amides is 2. The van der Waals surface area contributed by atoms with Gasteiger partial charge in [0.05, 0.1) is 12.9 Å². The minimum atomic E-state index is -0.429. The van der Waals surface area contributed by atoms with Gasteiger partial charge in [-0.25, -0.2) is 0 Å². The standard InChI is InChI=1S/C15H20N2O3S2/c1-4-17(5-2)15(21)22-10-13(18)16-14(19)11-6-8-12(20-3)9-7-11/h6-9H,4-5,10H2,1-3H3,(H,16,18,19). The molecule has 0 spiro atoms. The molecular formula is C15H20N2O3S2. The highest BCUT2D eigenvalue weighted by atomic mass is 32.2. The first-order chi connectivity index (χ1) is 10.5. The number of hydrogen-bond acceptors (Lipinski definition) is 5. The lowest BCUT2D eigenvalue weighted by Gasteiger charge is -2.20. The molecule has 0 aliphatic carbocycles. The van der Waals surface area contributed by atoms with Crippen molar-refractivity contribution in [2.24, 2.45) is 0 Å². The molecule has 0 aliphatic heterocycles. The summed E-state index contributed by atoms with van der Waals surface area (Å²) < 4.78 is 5.68. The van der Waals surface area contributed by atoms with Crippen molar-refractivity contribution in [2.45, 2.75) is 13.8 Å². The highest BCUT2D eigenvalue weighted by Gasteiger charge is 2.13. The lowest BCUT2D eigenvalue weighted by Crippen LogP contribution is -2.33. The van der Waals surface area contributed by atoms with E-state index in [0.29, 0.717) is 15.6 Å². The zero-order valence-corrected chi connectivity index (χ0v) is 14.6. The molecule has 5 nitrogen and oxygen atoms in total. The van der Waals surface area contributed by atoms with Gasteiger partial charge >= 0.3 is 0 Å². The molecule has 0 saturated carbocycles. The Morgan fingerprint density at radius 1 is 1.23 bits per heavy atom. The van der Waals surface area contributed by atoms with Crippen molar-refractivity contribution in [1.82, 2.24) is 10.2 Å². The van der Waals surface area contributed by atoms with E-state index in [2.05, 4.69) is 5.32 Å². The fraction of sp³-hybridized carbons (Fsp3) is 0.400. The van der Waals surface area contributed by atoms with Crippen LogP contribution in [0.25, 0.3) is 0 Å². The van der Waals surface area contributed by atoms with Crippen LogP contribution in [-0.4, -0.2) is 47.0 Å². The van der Waals surface area contributed by atoms with Gasteiger partial charge in [-0.1, -0.05) is 24.0 Å². The van der Waals surface area contributed by atoms with Crippen molar-refractivity contribution < 1.29 is 14.3 Å². The van der Waals surface area contributed by atoms with Crippen LogP contribution < -0.4 is 10.1 Å². The van der Waals surface area contributed by atoms with Gasteiger partial charge in [0.1, 0.15) is 10.1 Å². The molecular weight excluding hydrogens is 320 g/mol. The topological polar surface area (TPSA) is 58.6 Å². The maximum absolute atomic E-state index is 11.9. The van der Waals surface area contributed by atoms with Crippen LogP contribution in [0.15, 0.2) is 24.3 Å². The number of methoxy groups -OCH3 is 1. The molecule has 1 rings (SSSR count). The number of nitrogens with zero attached hydrogens (tertiary/aromatic N) is 1. The summed E-state index contributed by atoms with van der Waals surface area (Å²) in [5.41, 5.74) is 0.408. The van der Waals surface area contributed by atoms with Gasteiger partial charge < -0.3 is 9.64 Å². The second-order valence-electron chi connectivity index (χ2n) is 4.33. The van der Waals surface area contributed by atoms with Gasteiger partial charge in [-0.2, -0.15) is 0 Å². The Morgan fingerprint density at radius 3 is 2.32 bits per heavy atom. The van der Waals surface area contributed by atoms with Gasteiger partial charge in [0, 0.05) is 18.7 Å². The fourth-order valence-electron chi connectivity index (χ4n) is 1.68. The summed E-state index contributed by atoms with van der Waals surface area (Å²) in [6, 6.07) is 6.55. The van der Waals surface area contributed by atoms with E-state index in [1.165, 1.54) is 11.8 Å². The molecule has 2 amide bonds. The van der Waals surface area contributed by atoms with Crippen molar-refractivity contribution in [2.75, 3.05) is 26.0 Å². The second-order valence-corrected chi connectivity index (χ2v) is 5.94. The summed E-state index contributed by atoms with van der Waals surface area (Å²) in [6.45, 7) is 5.61. The van der Waals surface area contributed by atoms with Crippen LogP contribution in [0.5, 0.6) is 5.75 Å². The first-order valence-electron chi connectivity index (χ1n) is 6.91. The summed E-state index contributed by atoms with van der Waals surface area (Å²) in [5, 5.41) is 2.35. The molecule has 0 atom stereocenters. The monoisotopic (exact) mass is 340 g/mol. The molecule has 0 radical (unpaired) electrons. The molecule has 0 heterocycles. The number of carbonyl (C=O) groups excluding carboxylic acids is 2. The number of imide groups is 1. The van der Waals surface area contributed by atoms with Crippen LogP contribution in [-0.2, 0) is 4.79 Å². The van der Waals surface area contributed by atoms with Crippen molar-refractivity contribution >= 4 is 40.1 Å². The number of hydrogen-bond donors (Lipinski definition) is 1. The largest absolute Gasteiger partial charge is 0.497 e. The van der Waals surface area contributed by atoms with Crippen molar-refractivity contribution in [3.8, 4) is 5.75 Å². The third-order valence-corrected chi connectivity index (χ3v) is 4.48. The van der Waals surface area contributed by atoms with E-state index in [4.69, 9.17) is 17.0 Å². The molecule has 0 aromatic heterocycles. The number of ether oxygens (including phenoxy) is 1. The molecule has 1 N–H and O–H groups in total. The van der Waals surface area contributed by atoms with Gasteiger partial charge in [-0.05, 0) is 38.1 Å². The molecule has 0 unspecified atom stereocenters. The second kappa shape index (κ2) is 9.42. The van der Waals surface area contributed by atoms with E-state index in [1.54, 1.807) is 31.4 Å². The van der Waals surface area contributed by atoms with E-state index in [9.17, 15) is 9.59 Å². The molecule has 7 heteroatoms. The summed E-state index contributed by atoms with van der Waals surface area (Å²) in [7, 11) is 1.55. The molecule has 1 aromatic carbocycles. The zero-order chi connectivity index (χ0) is 16.5. The van der Waals surface area contributed by atoms with Gasteiger partial charge in [-0.3, -0.25) is 14.9 Å². The number of benzene rings is 1. The smallest absolute Gasteiger partial charge is 0.257 e. The Kier molecular flexibility index (Phi) is 7.90. The van der Waals surface area contributed by atoms with Gasteiger partial charge in [0.2, 0.25) is 5.91 Å². The average Bonchev–Trinajstić information content (AvgIpc) is 2.54. The Labute approximate surface area is 140 Å². The first kappa shape index (κ1) is 18.4. The quantitative estimate of drug-likeness (QED) is 0.802. The molecule has 0 aliphatic rings. The minimum absolute atomic E-state index is 0.122. The van der Waals surface area contributed by atoms with Crippen molar-refractivity contribution in [3.63, 3.8) is 0 Å². The Hall–Kier alpha value is -1.60. The van der Waals surface area contributed by atoms with E-state index < -0.39 is 5.91 Å². The molecule has 0 fully saturated rings. The first-order valence-corrected chi connectivity index (χ1v) is 8.31. The van der Waals surface area contributed by atoms with Crippen molar-refractivity contribution in [1.29, 1.82) is 0 Å². The molecule has 22 heavy (non-hydrogen) atoms. The number of carbonyl (C=O) groups is 2. The molecule has 1 aromatic rings. The Bertz CT molecular complexity index is 528. The molecule has 120 valence electrons. The van der Waals surface area contributed by atoms with Crippen LogP contribution in [0, 0.1) is 0 Å². The highest BCUT2D eigenvalue weighted by molar-refractivity contribution is 8.23. The van der Waals surface area contributed by atoms with E-state index >= 15 is 0 Å². The van der Waals surface area contributed by atoms with Crippen LogP contribution in [0.2, 0.25) is 0 Å². The maximum Gasteiger partial charge on any atom is 0.257 e. The van der Waals surface area contributed by atoms with Crippen LogP contribution >= 0.6 is 24.0 Å². The third-order valence-electron chi connectivity index (χ3n) is 2.95. The van der Waals surface area contributed by atoms with Crippen molar-refractivity contribution in [3.05, 3.63) is 29.8 Å². The average molecular weight is 340 g/mol. The maximum atomic E-state index is 11.9. The van der Waals surface area contributed by atoms with Crippen LogP contribution in [0.3, 0.4) is 0 Å². The van der Waals surface area contributed by atoms with Crippen LogP contribution in [0.4, 0.5) is 0 Å². The summed E-state index contributed by atoms with van der Waals surface area (Å²) in [6.07, 6.45) is 0. The number of nitrogens with one attached hydrogen (secondary N) is 1. The molecule has 0 bridgehead atoms. The Morgan fingerprint density at radius 2 is 1.82 bits per heavy atom. The van der Waals surface area contributed by atoms with Gasteiger partial charge in [-0.15, -0.1) is 0 Å². The highest BCUT2D eigenvalue weighted by Crippen LogP contribution is 2.12. The normalized spacial score (nSPS) is 9.95. The SMILES string of the molecule is CCN(CC)C(=S)SCC(=O)NC(=O)c1ccc(OC)cc1. The van der Waals surface area contributed by atoms with Crippen LogP contribution in [0.1, 0.15) is 24.2 Å². The summed E-state index contributed by atoms with van der Waals surface area (Å²) in [4.78, 5) is 25.7. The summed E-state index contributed by atoms with van der Waals surface area (Å²) in [5.74, 6) is -0.0117. The number of rotatable bonds is 6. The van der Waals surface area contributed by atoms with E-state index in [1.807, 2.05) is 18.7 Å².